The number of sulfonamides is 1. The zero-order valence-corrected chi connectivity index (χ0v) is 13.0. The minimum atomic E-state index is -3.62. The van der Waals surface area contributed by atoms with Gasteiger partial charge in [-0.2, -0.15) is 4.31 Å². The lowest BCUT2D eigenvalue weighted by Gasteiger charge is -2.22. The number of carboxylic acids is 1. The summed E-state index contributed by atoms with van der Waals surface area (Å²) in [6.45, 7) is 0. The van der Waals surface area contributed by atoms with Crippen molar-refractivity contribution in [2.45, 2.75) is 36.2 Å². The summed E-state index contributed by atoms with van der Waals surface area (Å²) in [5.41, 5.74) is 0. The van der Waals surface area contributed by atoms with Crippen molar-refractivity contribution in [3.8, 4) is 0 Å². The van der Waals surface area contributed by atoms with Crippen LogP contribution in [0.3, 0.4) is 0 Å². The minimum Gasteiger partial charge on any atom is -0.481 e. The molecule has 108 valence electrons. The summed E-state index contributed by atoms with van der Waals surface area (Å²) < 4.78 is 27.6. The molecular weight excluding hydrogens is 346 g/mol. The standard InChI is InChI=1S/C13H14BrNO4S/c14-8-2-1-3-10(6-8)20(18,19)15-9-4-5-12(15)11(7-9)13(16)17/h1-3,6,9,11-12H,4-5,7H2,(H,16,17). The highest BCUT2D eigenvalue weighted by molar-refractivity contribution is 9.10. The maximum Gasteiger partial charge on any atom is 0.308 e. The molecule has 3 unspecified atom stereocenters. The first-order valence-electron chi connectivity index (χ1n) is 6.43. The summed E-state index contributed by atoms with van der Waals surface area (Å²) in [5, 5.41) is 9.20. The van der Waals surface area contributed by atoms with Crippen molar-refractivity contribution < 1.29 is 18.3 Å². The van der Waals surface area contributed by atoms with Gasteiger partial charge < -0.3 is 5.11 Å². The maximum atomic E-state index is 12.7. The summed E-state index contributed by atoms with van der Waals surface area (Å²) in [4.78, 5) is 11.4. The fraction of sp³-hybridized carbons (Fsp3) is 0.462. The van der Waals surface area contributed by atoms with Crippen molar-refractivity contribution in [1.29, 1.82) is 0 Å². The molecule has 3 rings (SSSR count). The Morgan fingerprint density at radius 3 is 2.70 bits per heavy atom. The van der Waals surface area contributed by atoms with Crippen LogP contribution in [-0.4, -0.2) is 35.9 Å². The Morgan fingerprint density at radius 2 is 2.10 bits per heavy atom. The first kappa shape index (κ1) is 14.0. The van der Waals surface area contributed by atoms with Gasteiger partial charge in [0, 0.05) is 16.6 Å². The SMILES string of the molecule is O=C(O)C1CC2CCC1N2S(=O)(=O)c1cccc(Br)c1. The van der Waals surface area contributed by atoms with E-state index < -0.39 is 28.0 Å². The molecule has 0 spiro atoms. The molecule has 1 aromatic carbocycles. The Kier molecular flexibility index (Phi) is 3.38. The largest absolute Gasteiger partial charge is 0.481 e. The van der Waals surface area contributed by atoms with Crippen molar-refractivity contribution in [3.05, 3.63) is 28.7 Å². The van der Waals surface area contributed by atoms with Crippen LogP contribution < -0.4 is 0 Å². The minimum absolute atomic E-state index is 0.176. The maximum absolute atomic E-state index is 12.7. The summed E-state index contributed by atoms with van der Waals surface area (Å²) in [6.07, 6.45) is 1.81. The molecule has 20 heavy (non-hydrogen) atoms. The Morgan fingerprint density at radius 1 is 1.35 bits per heavy atom. The van der Waals surface area contributed by atoms with Crippen LogP contribution in [0, 0.1) is 5.92 Å². The fourth-order valence-corrected chi connectivity index (χ4v) is 5.84. The van der Waals surface area contributed by atoms with Crippen LogP contribution in [0.1, 0.15) is 19.3 Å². The number of benzene rings is 1. The van der Waals surface area contributed by atoms with Crippen LogP contribution in [0.25, 0.3) is 0 Å². The lowest BCUT2D eigenvalue weighted by Crippen LogP contribution is -2.37. The van der Waals surface area contributed by atoms with E-state index in [4.69, 9.17) is 0 Å². The van der Waals surface area contributed by atoms with Gasteiger partial charge in [-0.05, 0) is 37.5 Å². The predicted molar refractivity (Wildman–Crippen MR) is 75.7 cm³/mol. The van der Waals surface area contributed by atoms with Crippen molar-refractivity contribution >= 4 is 31.9 Å². The molecule has 2 bridgehead atoms. The number of carboxylic acid groups (broad SMARTS) is 1. The van der Waals surface area contributed by atoms with Gasteiger partial charge >= 0.3 is 5.97 Å². The Balaban J connectivity index is 1.99. The average molecular weight is 360 g/mol. The molecule has 2 aliphatic rings. The van der Waals surface area contributed by atoms with E-state index in [9.17, 15) is 18.3 Å². The highest BCUT2D eigenvalue weighted by Gasteiger charge is 2.54. The van der Waals surface area contributed by atoms with Crippen LogP contribution in [0.15, 0.2) is 33.6 Å². The smallest absolute Gasteiger partial charge is 0.308 e. The highest BCUT2D eigenvalue weighted by Crippen LogP contribution is 2.45. The number of nitrogens with zero attached hydrogens (tertiary/aromatic N) is 1. The molecule has 2 heterocycles. The van der Waals surface area contributed by atoms with Crippen LogP contribution >= 0.6 is 15.9 Å². The second-order valence-electron chi connectivity index (χ2n) is 5.27. The molecule has 0 radical (unpaired) electrons. The number of carbonyl (C=O) groups is 1. The summed E-state index contributed by atoms with van der Waals surface area (Å²) in [5.74, 6) is -1.47. The second kappa shape index (κ2) is 4.82. The quantitative estimate of drug-likeness (QED) is 0.896. The van der Waals surface area contributed by atoms with Crippen molar-refractivity contribution in [2.24, 2.45) is 5.92 Å². The number of rotatable bonds is 3. The van der Waals surface area contributed by atoms with E-state index in [0.717, 1.165) is 6.42 Å². The molecule has 2 aliphatic heterocycles. The lowest BCUT2D eigenvalue weighted by molar-refractivity contribution is -0.142. The summed E-state index contributed by atoms with van der Waals surface area (Å²) in [6, 6.07) is 5.96. The third-order valence-corrected chi connectivity index (χ3v) is 6.63. The summed E-state index contributed by atoms with van der Waals surface area (Å²) in [7, 11) is -3.62. The van der Waals surface area contributed by atoms with Crippen LogP contribution in [0.4, 0.5) is 0 Å². The zero-order chi connectivity index (χ0) is 14.5. The molecule has 0 aromatic heterocycles. The van der Waals surface area contributed by atoms with E-state index in [0.29, 0.717) is 17.3 Å². The normalized spacial score (nSPS) is 29.8. The molecule has 7 heteroatoms. The first-order valence-corrected chi connectivity index (χ1v) is 8.66. The van der Waals surface area contributed by atoms with Gasteiger partial charge in [-0.3, -0.25) is 4.79 Å². The van der Waals surface area contributed by atoms with Crippen LogP contribution in [-0.2, 0) is 14.8 Å². The Labute approximate surface area is 125 Å². The first-order chi connectivity index (χ1) is 9.41. The Bertz CT molecular complexity index is 660. The molecule has 2 saturated heterocycles. The van der Waals surface area contributed by atoms with Gasteiger partial charge in [0.15, 0.2) is 0 Å². The predicted octanol–water partition coefficient (Wildman–Crippen LogP) is 2.08. The van der Waals surface area contributed by atoms with Gasteiger partial charge in [-0.1, -0.05) is 22.0 Å². The molecule has 0 amide bonds. The Hall–Kier alpha value is -0.920. The van der Waals surface area contributed by atoms with E-state index in [2.05, 4.69) is 15.9 Å². The average Bonchev–Trinajstić information content (AvgIpc) is 2.96. The van der Waals surface area contributed by atoms with Gasteiger partial charge in [0.1, 0.15) is 0 Å². The van der Waals surface area contributed by atoms with Gasteiger partial charge in [0.25, 0.3) is 0 Å². The van der Waals surface area contributed by atoms with Crippen molar-refractivity contribution in [2.75, 3.05) is 0 Å². The molecule has 2 fully saturated rings. The lowest BCUT2D eigenvalue weighted by atomic mass is 9.89. The van der Waals surface area contributed by atoms with Gasteiger partial charge in [0.05, 0.1) is 10.8 Å². The fourth-order valence-electron chi connectivity index (χ4n) is 3.33. The van der Waals surface area contributed by atoms with Crippen LogP contribution in [0.2, 0.25) is 0 Å². The van der Waals surface area contributed by atoms with E-state index >= 15 is 0 Å². The monoisotopic (exact) mass is 359 g/mol. The van der Waals surface area contributed by atoms with E-state index in [1.807, 2.05) is 0 Å². The van der Waals surface area contributed by atoms with Crippen molar-refractivity contribution in [1.82, 2.24) is 4.31 Å². The third-order valence-electron chi connectivity index (χ3n) is 4.16. The van der Waals surface area contributed by atoms with Gasteiger partial charge in [-0.15, -0.1) is 0 Å². The third kappa shape index (κ3) is 2.08. The van der Waals surface area contributed by atoms with E-state index in [1.165, 1.54) is 4.31 Å². The second-order valence-corrected chi connectivity index (χ2v) is 8.03. The summed E-state index contributed by atoms with van der Waals surface area (Å²) >= 11 is 3.27. The van der Waals surface area contributed by atoms with Crippen LogP contribution in [0.5, 0.6) is 0 Å². The molecule has 0 aliphatic carbocycles. The van der Waals surface area contributed by atoms with E-state index in [1.54, 1.807) is 24.3 Å². The zero-order valence-electron chi connectivity index (χ0n) is 10.6. The number of hydrogen-bond donors (Lipinski definition) is 1. The van der Waals surface area contributed by atoms with Gasteiger partial charge in [-0.25, -0.2) is 8.42 Å². The number of hydrogen-bond acceptors (Lipinski definition) is 3. The molecule has 3 atom stereocenters. The molecule has 1 aromatic rings. The molecular formula is C13H14BrNO4S. The van der Waals surface area contributed by atoms with Crippen molar-refractivity contribution in [3.63, 3.8) is 0 Å². The number of halogens is 1. The highest BCUT2D eigenvalue weighted by atomic mass is 79.9. The van der Waals surface area contributed by atoms with E-state index in [-0.39, 0.29) is 10.9 Å². The molecule has 0 saturated carbocycles. The van der Waals surface area contributed by atoms with Gasteiger partial charge in [0.2, 0.25) is 10.0 Å². The number of aliphatic carboxylic acids is 1. The molecule has 1 N–H and O–H groups in total. The topological polar surface area (TPSA) is 74.7 Å². The number of fused-ring (bicyclic) bond motifs is 2. The molecule has 5 nitrogen and oxygen atoms in total.